The zero-order valence-corrected chi connectivity index (χ0v) is 11.0. The van der Waals surface area contributed by atoms with Gasteiger partial charge < -0.3 is 10.4 Å². The predicted molar refractivity (Wildman–Crippen MR) is 67.4 cm³/mol. The van der Waals surface area contributed by atoms with Gasteiger partial charge in [-0.3, -0.25) is 4.79 Å². The zero-order valence-electron chi connectivity index (χ0n) is 11.0. The molecule has 20 heavy (non-hydrogen) atoms. The van der Waals surface area contributed by atoms with Crippen LogP contribution in [0.2, 0.25) is 0 Å². The van der Waals surface area contributed by atoms with Crippen molar-refractivity contribution in [3.8, 4) is 0 Å². The topological polar surface area (TPSA) is 49.3 Å². The van der Waals surface area contributed by atoms with E-state index in [2.05, 4.69) is 5.32 Å². The van der Waals surface area contributed by atoms with Crippen molar-refractivity contribution in [3.63, 3.8) is 0 Å². The van der Waals surface area contributed by atoms with Gasteiger partial charge in [0.2, 0.25) is 0 Å². The summed E-state index contributed by atoms with van der Waals surface area (Å²) in [5.41, 5.74) is -0.962. The Hall–Kier alpha value is -1.56. The highest BCUT2D eigenvalue weighted by atomic mass is 19.4. The fourth-order valence-electron chi connectivity index (χ4n) is 2.72. The van der Waals surface area contributed by atoms with E-state index in [0.717, 1.165) is 11.1 Å². The highest BCUT2D eigenvalue weighted by Gasteiger charge is 2.66. The largest absolute Gasteiger partial charge is 0.481 e. The van der Waals surface area contributed by atoms with Crippen LogP contribution in [0.3, 0.4) is 0 Å². The molecule has 0 aliphatic carbocycles. The molecule has 3 nitrogen and oxygen atoms in total. The Kier molecular flexibility index (Phi) is 3.77. The Morgan fingerprint density at radius 3 is 2.50 bits per heavy atom. The Morgan fingerprint density at radius 2 is 2.00 bits per heavy atom. The van der Waals surface area contributed by atoms with Crippen molar-refractivity contribution in [2.45, 2.75) is 19.5 Å². The minimum absolute atomic E-state index is 0.0552. The first kappa shape index (κ1) is 14.8. The molecule has 0 amide bonds. The van der Waals surface area contributed by atoms with Crippen molar-refractivity contribution in [1.29, 1.82) is 0 Å². The van der Waals surface area contributed by atoms with Crippen LogP contribution in [-0.2, 0) is 11.2 Å². The van der Waals surface area contributed by atoms with Gasteiger partial charge in [-0.2, -0.15) is 13.2 Å². The average molecular weight is 287 g/mol. The SMILES string of the molecule is Cc1ccc(C[C@@H]2CNC[C@@]2(C(=O)O)C(F)(F)F)cc1. The molecular formula is C14H16F3NO2. The van der Waals surface area contributed by atoms with Crippen molar-refractivity contribution in [2.75, 3.05) is 13.1 Å². The molecule has 0 aromatic heterocycles. The number of alkyl halides is 3. The van der Waals surface area contributed by atoms with Gasteiger partial charge in [0.25, 0.3) is 0 Å². The maximum Gasteiger partial charge on any atom is 0.406 e. The molecular weight excluding hydrogens is 271 g/mol. The van der Waals surface area contributed by atoms with Crippen molar-refractivity contribution in [2.24, 2.45) is 11.3 Å². The maximum atomic E-state index is 13.3. The van der Waals surface area contributed by atoms with Gasteiger partial charge >= 0.3 is 12.1 Å². The second-order valence-electron chi connectivity index (χ2n) is 5.29. The van der Waals surface area contributed by atoms with E-state index in [1.54, 1.807) is 12.1 Å². The summed E-state index contributed by atoms with van der Waals surface area (Å²) in [5.74, 6) is -2.80. The summed E-state index contributed by atoms with van der Waals surface area (Å²) in [5, 5.41) is 11.7. The van der Waals surface area contributed by atoms with Crippen molar-refractivity contribution < 1.29 is 23.1 Å². The minimum Gasteiger partial charge on any atom is -0.481 e. The number of hydrogen-bond acceptors (Lipinski definition) is 2. The summed E-state index contributed by atoms with van der Waals surface area (Å²) in [6.07, 6.45) is -4.67. The molecule has 0 unspecified atom stereocenters. The molecule has 2 N–H and O–H groups in total. The molecule has 1 saturated heterocycles. The van der Waals surface area contributed by atoms with Gasteiger partial charge in [-0.25, -0.2) is 0 Å². The van der Waals surface area contributed by atoms with Crippen LogP contribution in [0.4, 0.5) is 13.2 Å². The first-order valence-corrected chi connectivity index (χ1v) is 6.34. The van der Waals surface area contributed by atoms with Gasteiger partial charge in [0, 0.05) is 12.5 Å². The van der Waals surface area contributed by atoms with Crippen LogP contribution in [0.15, 0.2) is 24.3 Å². The van der Waals surface area contributed by atoms with E-state index >= 15 is 0 Å². The first-order chi connectivity index (χ1) is 9.27. The van der Waals surface area contributed by atoms with E-state index < -0.39 is 30.0 Å². The summed E-state index contributed by atoms with van der Waals surface area (Å²) in [4.78, 5) is 11.3. The Morgan fingerprint density at radius 1 is 1.40 bits per heavy atom. The third-order valence-corrected chi connectivity index (χ3v) is 3.98. The number of benzene rings is 1. The van der Waals surface area contributed by atoms with Gasteiger partial charge in [-0.05, 0) is 25.5 Å². The number of carbonyl (C=O) groups is 1. The van der Waals surface area contributed by atoms with Gasteiger partial charge in [0.15, 0.2) is 5.41 Å². The smallest absolute Gasteiger partial charge is 0.406 e. The Labute approximate surface area is 114 Å². The molecule has 0 radical (unpaired) electrons. The molecule has 1 fully saturated rings. The molecule has 1 aromatic carbocycles. The summed E-state index contributed by atoms with van der Waals surface area (Å²) in [7, 11) is 0. The number of aliphatic carboxylic acids is 1. The van der Waals surface area contributed by atoms with Crippen LogP contribution in [0, 0.1) is 18.3 Å². The third kappa shape index (κ3) is 2.40. The van der Waals surface area contributed by atoms with E-state index in [1.807, 2.05) is 19.1 Å². The lowest BCUT2D eigenvalue weighted by atomic mass is 9.74. The second-order valence-corrected chi connectivity index (χ2v) is 5.29. The lowest BCUT2D eigenvalue weighted by Gasteiger charge is -2.32. The Balaban J connectivity index is 2.30. The molecule has 2 atom stereocenters. The van der Waals surface area contributed by atoms with Crippen LogP contribution >= 0.6 is 0 Å². The fraction of sp³-hybridized carbons (Fsp3) is 0.500. The van der Waals surface area contributed by atoms with Crippen LogP contribution in [0.25, 0.3) is 0 Å². The number of halogens is 3. The van der Waals surface area contributed by atoms with Crippen molar-refractivity contribution in [3.05, 3.63) is 35.4 Å². The third-order valence-electron chi connectivity index (χ3n) is 3.98. The lowest BCUT2D eigenvalue weighted by Crippen LogP contribution is -2.51. The number of rotatable bonds is 3. The molecule has 6 heteroatoms. The highest BCUT2D eigenvalue weighted by Crippen LogP contribution is 2.47. The maximum absolute atomic E-state index is 13.3. The van der Waals surface area contributed by atoms with E-state index in [9.17, 15) is 18.0 Å². The summed E-state index contributed by atoms with van der Waals surface area (Å²) in [6.45, 7) is 1.38. The predicted octanol–water partition coefficient (Wildman–Crippen LogP) is 2.39. The van der Waals surface area contributed by atoms with Gasteiger partial charge in [-0.15, -0.1) is 0 Å². The standard InChI is InChI=1S/C14H16F3NO2/c1-9-2-4-10(5-3-9)6-11-7-18-8-13(11,12(19)20)14(15,16)17/h2-5,11,18H,6-8H2,1H3,(H,19,20)/t11-,13-/m1/s1. The molecule has 1 aliphatic rings. The molecule has 0 spiro atoms. The molecule has 2 rings (SSSR count). The summed E-state index contributed by atoms with van der Waals surface area (Å²) < 4.78 is 39.8. The average Bonchev–Trinajstić information content (AvgIpc) is 2.76. The fourth-order valence-corrected chi connectivity index (χ4v) is 2.72. The highest BCUT2D eigenvalue weighted by molar-refractivity contribution is 5.77. The van der Waals surface area contributed by atoms with Crippen LogP contribution < -0.4 is 5.32 Å². The molecule has 1 heterocycles. The van der Waals surface area contributed by atoms with Crippen molar-refractivity contribution >= 4 is 5.97 Å². The Bertz CT molecular complexity index is 498. The number of carboxylic acids is 1. The van der Waals surface area contributed by atoms with Crippen LogP contribution in [-0.4, -0.2) is 30.3 Å². The number of nitrogens with one attached hydrogen (secondary N) is 1. The normalized spacial score (nSPS) is 26.7. The first-order valence-electron chi connectivity index (χ1n) is 6.34. The van der Waals surface area contributed by atoms with Crippen molar-refractivity contribution in [1.82, 2.24) is 5.32 Å². The summed E-state index contributed by atoms with van der Waals surface area (Å²) in [6, 6.07) is 7.12. The van der Waals surface area contributed by atoms with Crippen LogP contribution in [0.1, 0.15) is 11.1 Å². The van der Waals surface area contributed by atoms with Gasteiger partial charge in [0.1, 0.15) is 0 Å². The number of hydrogen-bond donors (Lipinski definition) is 2. The quantitative estimate of drug-likeness (QED) is 0.897. The lowest BCUT2D eigenvalue weighted by molar-refractivity contribution is -0.236. The van der Waals surface area contributed by atoms with E-state index in [-0.39, 0.29) is 13.0 Å². The van der Waals surface area contributed by atoms with E-state index in [1.165, 1.54) is 0 Å². The summed E-state index contributed by atoms with van der Waals surface area (Å²) >= 11 is 0. The monoisotopic (exact) mass is 287 g/mol. The van der Waals surface area contributed by atoms with Gasteiger partial charge in [-0.1, -0.05) is 29.8 Å². The number of carboxylic acid groups (broad SMARTS) is 1. The molecule has 1 aliphatic heterocycles. The van der Waals surface area contributed by atoms with E-state index in [0.29, 0.717) is 0 Å². The zero-order chi connectivity index (χ0) is 15.0. The van der Waals surface area contributed by atoms with Crippen LogP contribution in [0.5, 0.6) is 0 Å². The molecule has 110 valence electrons. The minimum atomic E-state index is -4.77. The number of aryl methyl sites for hydroxylation is 1. The molecule has 0 saturated carbocycles. The molecule has 1 aromatic rings. The second kappa shape index (κ2) is 5.09. The molecule has 0 bridgehead atoms. The van der Waals surface area contributed by atoms with Gasteiger partial charge in [0.05, 0.1) is 0 Å². The van der Waals surface area contributed by atoms with E-state index in [4.69, 9.17) is 5.11 Å².